The van der Waals surface area contributed by atoms with Gasteiger partial charge in [0.1, 0.15) is 5.82 Å². The Kier molecular flexibility index (Phi) is 8.89. The van der Waals surface area contributed by atoms with Crippen LogP contribution in [0.5, 0.6) is 0 Å². The first-order valence-corrected chi connectivity index (χ1v) is 10.2. The van der Waals surface area contributed by atoms with E-state index in [0.717, 1.165) is 37.0 Å². The van der Waals surface area contributed by atoms with E-state index in [2.05, 4.69) is 23.9 Å². The smallest absolute Gasteiger partial charge is 0.328 e. The highest BCUT2D eigenvalue weighted by Gasteiger charge is 2.31. The van der Waals surface area contributed by atoms with E-state index >= 15 is 0 Å². The van der Waals surface area contributed by atoms with E-state index < -0.39 is 11.9 Å². The van der Waals surface area contributed by atoms with Gasteiger partial charge in [0, 0.05) is 55.5 Å². The molecule has 2 aromatic rings. The van der Waals surface area contributed by atoms with E-state index in [0.29, 0.717) is 17.7 Å². The van der Waals surface area contributed by atoms with Crippen LogP contribution in [0.15, 0.2) is 34.9 Å². The highest BCUT2D eigenvalue weighted by atomic mass is 19.1. The van der Waals surface area contributed by atoms with E-state index in [1.54, 1.807) is 6.07 Å². The number of ether oxygens (including phenoxy) is 1. The van der Waals surface area contributed by atoms with Crippen molar-refractivity contribution in [3.63, 3.8) is 0 Å². The highest BCUT2D eigenvalue weighted by Crippen LogP contribution is 2.34. The Hall–Kier alpha value is -3.27. The molecule has 0 aliphatic carbocycles. The number of fused-ring (bicyclic) bond motifs is 1. The number of nitrogens with zero attached hydrogens (tertiary/aromatic N) is 2. The molecule has 0 bridgehead atoms. The van der Waals surface area contributed by atoms with Crippen molar-refractivity contribution in [2.75, 3.05) is 13.1 Å². The Morgan fingerprint density at radius 2 is 1.78 bits per heavy atom. The van der Waals surface area contributed by atoms with Crippen molar-refractivity contribution in [1.82, 2.24) is 10.1 Å². The molecule has 2 N–H and O–H groups in total. The zero-order valence-electron chi connectivity index (χ0n) is 18.2. The fraction of sp³-hybridized carbons (Fsp3) is 0.455. The summed E-state index contributed by atoms with van der Waals surface area (Å²) in [4.78, 5) is 32.6. The third-order valence-electron chi connectivity index (χ3n) is 4.96. The standard InChI is InChI=1S/C18H23FN2O3.C4H4O4/c1-11(2)18(23-12(3)22)21-8-6-13(7-9-21)17-15-5-4-14(19)10-16(15)24-20-17;5-3(6)1-2-4(7)8/h4-5,10-11,13,18H,6-9H2,1-3H3;1-2H,(H,5,6)(H,7,8)/b;2-1+/t18-;/m1./s1. The van der Waals surface area contributed by atoms with Crippen molar-refractivity contribution >= 4 is 28.9 Å². The minimum absolute atomic E-state index is 0.188. The Bertz CT molecular complexity index is 962. The van der Waals surface area contributed by atoms with Crippen LogP contribution in [0.2, 0.25) is 0 Å². The number of hydrogen-bond donors (Lipinski definition) is 2. The first-order chi connectivity index (χ1) is 15.1. The zero-order chi connectivity index (χ0) is 23.8. The molecule has 0 unspecified atom stereocenters. The number of carbonyl (C=O) groups is 3. The molecule has 9 nitrogen and oxygen atoms in total. The summed E-state index contributed by atoms with van der Waals surface area (Å²) in [5.41, 5.74) is 1.39. The Balaban J connectivity index is 0.000000390. The third-order valence-corrected chi connectivity index (χ3v) is 4.96. The molecule has 1 atom stereocenters. The molecule has 0 spiro atoms. The van der Waals surface area contributed by atoms with Crippen molar-refractivity contribution < 1.29 is 38.2 Å². The summed E-state index contributed by atoms with van der Waals surface area (Å²) in [5.74, 6) is -2.57. The number of hydrogen-bond acceptors (Lipinski definition) is 7. The maximum atomic E-state index is 13.3. The maximum absolute atomic E-state index is 13.3. The van der Waals surface area contributed by atoms with Gasteiger partial charge >= 0.3 is 17.9 Å². The predicted molar refractivity (Wildman–Crippen MR) is 112 cm³/mol. The van der Waals surface area contributed by atoms with E-state index in [1.807, 2.05) is 0 Å². The van der Waals surface area contributed by atoms with Crippen molar-refractivity contribution in [2.24, 2.45) is 5.92 Å². The van der Waals surface area contributed by atoms with Crippen molar-refractivity contribution in [1.29, 1.82) is 0 Å². The number of carbonyl (C=O) groups excluding carboxylic acids is 1. The van der Waals surface area contributed by atoms with Crippen LogP contribution in [0.1, 0.15) is 45.2 Å². The maximum Gasteiger partial charge on any atom is 0.328 e. The first-order valence-electron chi connectivity index (χ1n) is 10.2. The van der Waals surface area contributed by atoms with Gasteiger partial charge in [0.05, 0.1) is 5.69 Å². The van der Waals surface area contributed by atoms with Crippen LogP contribution in [0, 0.1) is 11.7 Å². The van der Waals surface area contributed by atoms with Gasteiger partial charge < -0.3 is 19.5 Å². The topological polar surface area (TPSA) is 130 Å². The normalized spacial score (nSPS) is 16.0. The number of likely N-dealkylation sites (tertiary alicyclic amines) is 1. The monoisotopic (exact) mass is 450 g/mol. The Morgan fingerprint density at radius 1 is 1.19 bits per heavy atom. The lowest BCUT2D eigenvalue weighted by molar-refractivity contribution is -0.163. The highest BCUT2D eigenvalue weighted by molar-refractivity contribution is 5.89. The number of benzene rings is 1. The van der Waals surface area contributed by atoms with Crippen LogP contribution >= 0.6 is 0 Å². The van der Waals surface area contributed by atoms with E-state index in [1.165, 1.54) is 19.1 Å². The Labute approximate surface area is 184 Å². The van der Waals surface area contributed by atoms with Crippen LogP contribution in [-0.4, -0.2) is 57.5 Å². The van der Waals surface area contributed by atoms with Crippen LogP contribution in [0.4, 0.5) is 4.39 Å². The van der Waals surface area contributed by atoms with Gasteiger partial charge in [0.2, 0.25) is 0 Å². The molecule has 1 aliphatic heterocycles. The second-order valence-corrected chi connectivity index (χ2v) is 7.77. The summed E-state index contributed by atoms with van der Waals surface area (Å²) in [7, 11) is 0. The molecular formula is C22H27FN2O7. The van der Waals surface area contributed by atoms with Crippen molar-refractivity contribution in [3.05, 3.63) is 41.9 Å². The SMILES string of the molecule is CC(=O)O[C@H](C(C)C)N1CCC(c2noc3cc(F)ccc23)CC1.O=C(O)/C=C/C(=O)O. The molecule has 174 valence electrons. The van der Waals surface area contributed by atoms with Crippen molar-refractivity contribution in [2.45, 2.75) is 45.8 Å². The lowest BCUT2D eigenvalue weighted by Crippen LogP contribution is -2.46. The number of carboxylic acid groups (broad SMARTS) is 2. The molecule has 10 heteroatoms. The van der Waals surface area contributed by atoms with Gasteiger partial charge in [0.15, 0.2) is 11.8 Å². The van der Waals surface area contributed by atoms with Gasteiger partial charge in [-0.3, -0.25) is 9.69 Å². The number of piperidine rings is 1. The van der Waals surface area contributed by atoms with E-state index in [9.17, 15) is 18.8 Å². The fourth-order valence-electron chi connectivity index (χ4n) is 3.60. The molecule has 0 radical (unpaired) electrons. The molecule has 1 aromatic carbocycles. The average molecular weight is 450 g/mol. The number of carboxylic acids is 2. The molecule has 0 saturated carbocycles. The Morgan fingerprint density at radius 3 is 2.28 bits per heavy atom. The predicted octanol–water partition coefficient (Wildman–Crippen LogP) is 3.40. The van der Waals surface area contributed by atoms with Gasteiger partial charge in [0.25, 0.3) is 0 Å². The zero-order valence-corrected chi connectivity index (χ0v) is 18.2. The molecule has 1 aromatic heterocycles. The number of esters is 1. The summed E-state index contributed by atoms with van der Waals surface area (Å²) < 4.78 is 24.0. The molecule has 1 fully saturated rings. The lowest BCUT2D eigenvalue weighted by Gasteiger charge is -2.38. The summed E-state index contributed by atoms with van der Waals surface area (Å²) in [5, 5.41) is 20.7. The van der Waals surface area contributed by atoms with Gasteiger partial charge in [-0.1, -0.05) is 19.0 Å². The van der Waals surface area contributed by atoms with Crippen molar-refractivity contribution in [3.8, 4) is 0 Å². The number of halogens is 1. The number of rotatable bonds is 6. The average Bonchev–Trinajstić information content (AvgIpc) is 3.14. The van der Waals surface area contributed by atoms with Crippen LogP contribution < -0.4 is 0 Å². The molecule has 32 heavy (non-hydrogen) atoms. The fourth-order valence-corrected chi connectivity index (χ4v) is 3.60. The van der Waals surface area contributed by atoms with Gasteiger partial charge in [-0.25, -0.2) is 14.0 Å². The second-order valence-electron chi connectivity index (χ2n) is 7.77. The molecule has 2 heterocycles. The lowest BCUT2D eigenvalue weighted by atomic mass is 9.91. The molecule has 1 saturated heterocycles. The minimum Gasteiger partial charge on any atom is -0.478 e. The number of aromatic nitrogens is 1. The molecule has 1 aliphatic rings. The quantitative estimate of drug-likeness (QED) is 0.502. The molecular weight excluding hydrogens is 423 g/mol. The van der Waals surface area contributed by atoms with E-state index in [-0.39, 0.29) is 29.9 Å². The summed E-state index contributed by atoms with van der Waals surface area (Å²) in [6, 6.07) is 4.54. The first kappa shape index (κ1) is 25.0. The van der Waals surface area contributed by atoms with Crippen LogP contribution in [0.3, 0.4) is 0 Å². The number of aliphatic carboxylic acids is 2. The summed E-state index contributed by atoms with van der Waals surface area (Å²) >= 11 is 0. The van der Waals surface area contributed by atoms with E-state index in [4.69, 9.17) is 19.5 Å². The van der Waals surface area contributed by atoms with Gasteiger partial charge in [-0.2, -0.15) is 0 Å². The third kappa shape index (κ3) is 7.16. The minimum atomic E-state index is -1.26. The van der Waals surface area contributed by atoms with Gasteiger partial charge in [-0.15, -0.1) is 0 Å². The second kappa shape index (κ2) is 11.4. The van der Waals surface area contributed by atoms with Crippen LogP contribution in [0.25, 0.3) is 11.0 Å². The molecule has 0 amide bonds. The molecule has 3 rings (SSSR count). The van der Waals surface area contributed by atoms with Crippen LogP contribution in [-0.2, 0) is 19.1 Å². The van der Waals surface area contributed by atoms with Gasteiger partial charge in [-0.05, 0) is 25.0 Å². The summed E-state index contributed by atoms with van der Waals surface area (Å²) in [6.45, 7) is 7.22. The largest absolute Gasteiger partial charge is 0.478 e. The summed E-state index contributed by atoms with van der Waals surface area (Å²) in [6.07, 6.45) is 2.74.